The molecule has 1 aromatic carbocycles. The van der Waals surface area contributed by atoms with E-state index in [1.54, 1.807) is 19.2 Å². The lowest BCUT2D eigenvalue weighted by molar-refractivity contribution is -0.121. The zero-order chi connectivity index (χ0) is 18.5. The van der Waals surface area contributed by atoms with Crippen molar-refractivity contribution in [2.24, 2.45) is 11.8 Å². The molecule has 0 saturated heterocycles. The minimum Gasteiger partial charge on any atom is -0.481 e. The highest BCUT2D eigenvalue weighted by atomic mass is 35.5. The molecule has 1 saturated carbocycles. The highest BCUT2D eigenvalue weighted by Crippen LogP contribution is 2.39. The number of nitrogens with one attached hydrogen (secondary N) is 1. The van der Waals surface area contributed by atoms with E-state index in [0.717, 1.165) is 31.4 Å². The third-order valence-electron chi connectivity index (χ3n) is 5.44. The highest BCUT2D eigenvalue weighted by Gasteiger charge is 2.29. The number of hydrogen-bond acceptors (Lipinski definition) is 3. The third-order valence-corrected chi connectivity index (χ3v) is 5.70. The number of halogens is 1. The van der Waals surface area contributed by atoms with Crippen LogP contribution < -0.4 is 10.1 Å². The van der Waals surface area contributed by atoms with Gasteiger partial charge in [-0.2, -0.15) is 0 Å². The molecule has 1 atom stereocenters. The van der Waals surface area contributed by atoms with Crippen molar-refractivity contribution >= 4 is 23.2 Å². The second kappa shape index (κ2) is 8.54. The van der Waals surface area contributed by atoms with Crippen molar-refractivity contribution in [3.05, 3.63) is 53.2 Å². The summed E-state index contributed by atoms with van der Waals surface area (Å²) in [5.41, 5.74) is 2.08. The van der Waals surface area contributed by atoms with Gasteiger partial charge in [-0.3, -0.25) is 4.79 Å². The lowest BCUT2D eigenvalue weighted by Crippen LogP contribution is -2.29. The van der Waals surface area contributed by atoms with Crippen LogP contribution >= 0.6 is 11.6 Å². The SMILES string of the molecule is COc1cc([C@H]2CC[C@@H]([C@H](C)C(=O)Nc3ccc(Cl)cc3)CC2)ccn1. The first-order valence-corrected chi connectivity index (χ1v) is 9.51. The first kappa shape index (κ1) is 18.7. The number of pyridine rings is 1. The van der Waals surface area contributed by atoms with E-state index < -0.39 is 0 Å². The Bertz CT molecular complexity index is 740. The molecule has 0 radical (unpaired) electrons. The van der Waals surface area contributed by atoms with E-state index in [4.69, 9.17) is 16.3 Å². The van der Waals surface area contributed by atoms with Crippen molar-refractivity contribution in [3.8, 4) is 5.88 Å². The minimum absolute atomic E-state index is 0.00129. The van der Waals surface area contributed by atoms with E-state index in [9.17, 15) is 4.79 Å². The monoisotopic (exact) mass is 372 g/mol. The molecule has 0 bridgehead atoms. The number of methoxy groups -OCH3 is 1. The van der Waals surface area contributed by atoms with E-state index in [-0.39, 0.29) is 11.8 Å². The van der Waals surface area contributed by atoms with Crippen LogP contribution in [0.15, 0.2) is 42.6 Å². The summed E-state index contributed by atoms with van der Waals surface area (Å²) < 4.78 is 5.23. The second-order valence-electron chi connectivity index (χ2n) is 7.03. The number of amides is 1. The molecule has 1 heterocycles. The van der Waals surface area contributed by atoms with Crippen molar-refractivity contribution in [2.45, 2.75) is 38.5 Å². The third kappa shape index (κ3) is 4.55. The number of benzene rings is 1. The zero-order valence-electron chi connectivity index (χ0n) is 15.2. The van der Waals surface area contributed by atoms with Gasteiger partial charge in [-0.05, 0) is 73.4 Å². The van der Waals surface area contributed by atoms with Gasteiger partial charge in [0.1, 0.15) is 0 Å². The van der Waals surface area contributed by atoms with Crippen LogP contribution in [0.25, 0.3) is 0 Å². The van der Waals surface area contributed by atoms with Gasteiger partial charge in [-0.25, -0.2) is 4.98 Å². The van der Waals surface area contributed by atoms with E-state index in [0.29, 0.717) is 22.7 Å². The van der Waals surface area contributed by atoms with Crippen molar-refractivity contribution in [1.82, 2.24) is 4.98 Å². The number of ether oxygens (including phenoxy) is 1. The Morgan fingerprint density at radius 1 is 1.19 bits per heavy atom. The smallest absolute Gasteiger partial charge is 0.227 e. The van der Waals surface area contributed by atoms with Crippen molar-refractivity contribution in [3.63, 3.8) is 0 Å². The fourth-order valence-corrected chi connectivity index (χ4v) is 3.87. The summed E-state index contributed by atoms with van der Waals surface area (Å²) >= 11 is 5.89. The second-order valence-corrected chi connectivity index (χ2v) is 7.46. The lowest BCUT2D eigenvalue weighted by Gasteiger charge is -2.32. The first-order chi connectivity index (χ1) is 12.6. The molecule has 1 fully saturated rings. The molecule has 1 aliphatic carbocycles. The zero-order valence-corrected chi connectivity index (χ0v) is 16.0. The Balaban J connectivity index is 1.55. The van der Waals surface area contributed by atoms with E-state index >= 15 is 0 Å². The molecular weight excluding hydrogens is 348 g/mol. The molecule has 3 rings (SSSR count). The maximum absolute atomic E-state index is 12.6. The first-order valence-electron chi connectivity index (χ1n) is 9.13. The summed E-state index contributed by atoms with van der Waals surface area (Å²) in [7, 11) is 1.64. The summed E-state index contributed by atoms with van der Waals surface area (Å²) in [6, 6.07) is 11.3. The molecule has 0 unspecified atom stereocenters. The fraction of sp³-hybridized carbons (Fsp3) is 0.429. The van der Waals surface area contributed by atoms with Gasteiger partial charge in [0.25, 0.3) is 0 Å². The van der Waals surface area contributed by atoms with Crippen molar-refractivity contribution in [1.29, 1.82) is 0 Å². The van der Waals surface area contributed by atoms with E-state index in [1.807, 2.05) is 31.3 Å². The van der Waals surface area contributed by atoms with E-state index in [2.05, 4.69) is 16.4 Å². The molecule has 0 spiro atoms. The van der Waals surface area contributed by atoms with Crippen LogP contribution in [0.2, 0.25) is 5.02 Å². The Kier molecular flexibility index (Phi) is 6.15. The molecule has 26 heavy (non-hydrogen) atoms. The van der Waals surface area contributed by atoms with Crippen LogP contribution in [0.1, 0.15) is 44.1 Å². The molecule has 1 amide bonds. The van der Waals surface area contributed by atoms with Crippen LogP contribution in [-0.2, 0) is 4.79 Å². The Morgan fingerprint density at radius 3 is 2.54 bits per heavy atom. The summed E-state index contributed by atoms with van der Waals surface area (Å²) in [6.45, 7) is 2.03. The number of hydrogen-bond donors (Lipinski definition) is 1. The molecule has 1 aliphatic rings. The summed E-state index contributed by atoms with van der Waals surface area (Å²) in [4.78, 5) is 16.7. The molecule has 1 N–H and O–H groups in total. The van der Waals surface area contributed by atoms with Gasteiger partial charge < -0.3 is 10.1 Å². The Hall–Kier alpha value is -2.07. The lowest BCUT2D eigenvalue weighted by atomic mass is 9.74. The van der Waals surface area contributed by atoms with Gasteiger partial charge in [-0.15, -0.1) is 0 Å². The van der Waals surface area contributed by atoms with E-state index in [1.165, 1.54) is 5.56 Å². The molecule has 0 aliphatic heterocycles. The van der Waals surface area contributed by atoms with Crippen LogP contribution in [0, 0.1) is 11.8 Å². The van der Waals surface area contributed by atoms with Crippen molar-refractivity contribution < 1.29 is 9.53 Å². The van der Waals surface area contributed by atoms with Gasteiger partial charge in [0.05, 0.1) is 7.11 Å². The summed E-state index contributed by atoms with van der Waals surface area (Å²) in [5.74, 6) is 1.69. The topological polar surface area (TPSA) is 51.2 Å². The summed E-state index contributed by atoms with van der Waals surface area (Å²) in [5, 5.41) is 3.67. The quantitative estimate of drug-likeness (QED) is 0.775. The largest absolute Gasteiger partial charge is 0.481 e. The van der Waals surface area contributed by atoms with Gasteiger partial charge >= 0.3 is 0 Å². The summed E-state index contributed by atoms with van der Waals surface area (Å²) in [6.07, 6.45) is 6.12. The van der Waals surface area contributed by atoms with Gasteiger partial charge in [0.15, 0.2) is 0 Å². The van der Waals surface area contributed by atoms with Gasteiger partial charge in [-0.1, -0.05) is 18.5 Å². The molecule has 1 aromatic heterocycles. The van der Waals surface area contributed by atoms with Crippen LogP contribution in [0.3, 0.4) is 0 Å². The number of carbonyl (C=O) groups is 1. The van der Waals surface area contributed by atoms with Crippen LogP contribution in [-0.4, -0.2) is 18.0 Å². The predicted octanol–water partition coefficient (Wildman–Crippen LogP) is 5.29. The average Bonchev–Trinajstić information content (AvgIpc) is 2.69. The Labute approximate surface area is 159 Å². The normalized spacial score (nSPS) is 21.0. The number of nitrogens with zero attached hydrogens (tertiary/aromatic N) is 1. The molecule has 4 nitrogen and oxygen atoms in total. The van der Waals surface area contributed by atoms with Gasteiger partial charge in [0.2, 0.25) is 11.8 Å². The standard InChI is InChI=1S/C21H25ClN2O2/c1-14(21(25)24-19-9-7-18(22)8-10-19)15-3-5-16(6-4-15)17-11-12-23-20(13-17)26-2/h7-16H,3-6H2,1-2H3,(H,24,25)/t14-,15-,16+/m0/s1. The van der Waals surface area contributed by atoms with Crippen molar-refractivity contribution in [2.75, 3.05) is 12.4 Å². The number of rotatable bonds is 5. The molecule has 5 heteroatoms. The number of aromatic nitrogens is 1. The maximum atomic E-state index is 12.6. The highest BCUT2D eigenvalue weighted by molar-refractivity contribution is 6.30. The Morgan fingerprint density at radius 2 is 1.88 bits per heavy atom. The number of carbonyl (C=O) groups excluding carboxylic acids is 1. The molecule has 2 aromatic rings. The van der Waals surface area contributed by atoms with Crippen LogP contribution in [0.5, 0.6) is 5.88 Å². The molecular formula is C21H25ClN2O2. The fourth-order valence-electron chi connectivity index (χ4n) is 3.75. The minimum atomic E-state index is -0.00129. The van der Waals surface area contributed by atoms with Gasteiger partial charge in [0, 0.05) is 28.9 Å². The maximum Gasteiger partial charge on any atom is 0.227 e. The average molecular weight is 373 g/mol. The molecule has 138 valence electrons. The number of anilines is 1. The van der Waals surface area contributed by atoms with Crippen LogP contribution in [0.4, 0.5) is 5.69 Å². The predicted molar refractivity (Wildman–Crippen MR) is 105 cm³/mol.